The van der Waals surface area contributed by atoms with E-state index in [1.54, 1.807) is 12.1 Å². The first kappa shape index (κ1) is 14.6. The summed E-state index contributed by atoms with van der Waals surface area (Å²) < 4.78 is 5.27. The summed E-state index contributed by atoms with van der Waals surface area (Å²) in [5.74, 6) is 0.0246. The van der Waals surface area contributed by atoms with Crippen molar-refractivity contribution in [3.8, 4) is 0 Å². The standard InChI is InChI=1S/C12H17NO4S/c1-3-8-4-5-10(17-8)11(14)13-9(12(15)16)6-7-18-2/h4-5,9H,3,6-7H2,1-2H3,(H,13,14)(H,15,16)/t9-/m1/s1. The Labute approximate surface area is 110 Å². The van der Waals surface area contributed by atoms with Crippen LogP contribution in [0, 0.1) is 0 Å². The molecule has 0 fully saturated rings. The molecule has 1 atom stereocenters. The first-order valence-corrected chi connectivity index (χ1v) is 7.09. The Hall–Kier alpha value is -1.43. The Kier molecular flexibility index (Phi) is 5.77. The molecule has 0 aromatic carbocycles. The molecule has 2 N–H and O–H groups in total. The third-order valence-electron chi connectivity index (χ3n) is 2.45. The van der Waals surface area contributed by atoms with E-state index in [2.05, 4.69) is 5.32 Å². The van der Waals surface area contributed by atoms with Gasteiger partial charge in [-0.1, -0.05) is 6.92 Å². The quantitative estimate of drug-likeness (QED) is 0.790. The molecule has 0 aliphatic rings. The van der Waals surface area contributed by atoms with Crippen LogP contribution in [0.4, 0.5) is 0 Å². The lowest BCUT2D eigenvalue weighted by molar-refractivity contribution is -0.139. The minimum atomic E-state index is -1.03. The van der Waals surface area contributed by atoms with Crippen LogP contribution in [0.3, 0.4) is 0 Å². The predicted octanol–water partition coefficient (Wildman–Crippen LogP) is 1.78. The van der Waals surface area contributed by atoms with Crippen molar-refractivity contribution in [1.82, 2.24) is 5.32 Å². The van der Waals surface area contributed by atoms with Crippen LogP contribution >= 0.6 is 11.8 Å². The molecule has 0 radical (unpaired) electrons. The van der Waals surface area contributed by atoms with E-state index in [-0.39, 0.29) is 5.76 Å². The van der Waals surface area contributed by atoms with Crippen LogP contribution in [0.1, 0.15) is 29.7 Å². The Morgan fingerprint density at radius 3 is 2.72 bits per heavy atom. The zero-order valence-corrected chi connectivity index (χ0v) is 11.3. The van der Waals surface area contributed by atoms with Gasteiger partial charge in [-0.05, 0) is 30.6 Å². The Balaban J connectivity index is 2.62. The van der Waals surface area contributed by atoms with Gasteiger partial charge in [0.2, 0.25) is 0 Å². The minimum absolute atomic E-state index is 0.155. The number of aryl methyl sites for hydroxylation is 1. The first-order valence-electron chi connectivity index (χ1n) is 5.69. The molecule has 1 rings (SSSR count). The summed E-state index contributed by atoms with van der Waals surface area (Å²) in [6.07, 6.45) is 2.98. The van der Waals surface area contributed by atoms with Crippen molar-refractivity contribution in [2.24, 2.45) is 0 Å². The number of carboxylic acid groups (broad SMARTS) is 1. The molecular weight excluding hydrogens is 254 g/mol. The molecule has 0 bridgehead atoms. The molecule has 0 aliphatic carbocycles. The molecule has 1 heterocycles. The highest BCUT2D eigenvalue weighted by atomic mass is 32.2. The van der Waals surface area contributed by atoms with Gasteiger partial charge in [0.1, 0.15) is 11.8 Å². The van der Waals surface area contributed by atoms with Gasteiger partial charge in [0, 0.05) is 6.42 Å². The van der Waals surface area contributed by atoms with Gasteiger partial charge in [0.05, 0.1) is 0 Å². The SMILES string of the molecule is CCc1ccc(C(=O)N[C@H](CCSC)C(=O)O)o1. The maximum absolute atomic E-state index is 11.8. The minimum Gasteiger partial charge on any atom is -0.480 e. The zero-order chi connectivity index (χ0) is 13.5. The number of amides is 1. The topological polar surface area (TPSA) is 79.5 Å². The maximum Gasteiger partial charge on any atom is 0.326 e. The highest BCUT2D eigenvalue weighted by molar-refractivity contribution is 7.98. The van der Waals surface area contributed by atoms with E-state index in [1.807, 2.05) is 13.2 Å². The second-order valence-corrected chi connectivity index (χ2v) is 4.75. The number of rotatable bonds is 7. The molecule has 0 saturated carbocycles. The van der Waals surface area contributed by atoms with Crippen LogP contribution < -0.4 is 5.32 Å². The number of carbonyl (C=O) groups excluding carboxylic acids is 1. The number of nitrogens with one attached hydrogen (secondary N) is 1. The molecule has 0 aliphatic heterocycles. The summed E-state index contributed by atoms with van der Waals surface area (Å²) >= 11 is 1.54. The van der Waals surface area contributed by atoms with Crippen molar-refractivity contribution in [2.45, 2.75) is 25.8 Å². The number of carboxylic acids is 1. The lowest BCUT2D eigenvalue weighted by Gasteiger charge is -2.12. The number of carbonyl (C=O) groups is 2. The Morgan fingerprint density at radius 1 is 1.50 bits per heavy atom. The molecule has 1 aromatic heterocycles. The third kappa shape index (κ3) is 4.10. The fourth-order valence-corrected chi connectivity index (χ4v) is 1.88. The van der Waals surface area contributed by atoms with Gasteiger partial charge in [-0.25, -0.2) is 4.79 Å². The fourth-order valence-electron chi connectivity index (χ4n) is 1.41. The van der Waals surface area contributed by atoms with Crippen LogP contribution in [-0.4, -0.2) is 35.0 Å². The predicted molar refractivity (Wildman–Crippen MR) is 70.0 cm³/mol. The first-order chi connectivity index (χ1) is 8.58. The molecule has 18 heavy (non-hydrogen) atoms. The normalized spacial score (nSPS) is 12.1. The number of furan rings is 1. The number of hydrogen-bond acceptors (Lipinski definition) is 4. The highest BCUT2D eigenvalue weighted by Crippen LogP contribution is 2.09. The smallest absolute Gasteiger partial charge is 0.326 e. The van der Waals surface area contributed by atoms with E-state index in [1.165, 1.54) is 11.8 Å². The molecule has 5 nitrogen and oxygen atoms in total. The number of aliphatic carboxylic acids is 1. The summed E-state index contributed by atoms with van der Waals surface area (Å²) in [6.45, 7) is 1.92. The summed E-state index contributed by atoms with van der Waals surface area (Å²) in [5.41, 5.74) is 0. The molecule has 1 aromatic rings. The average Bonchev–Trinajstić information content (AvgIpc) is 2.82. The number of hydrogen-bond donors (Lipinski definition) is 2. The lowest BCUT2D eigenvalue weighted by atomic mass is 10.2. The van der Waals surface area contributed by atoms with Crippen molar-refractivity contribution in [2.75, 3.05) is 12.0 Å². The van der Waals surface area contributed by atoms with E-state index in [9.17, 15) is 9.59 Å². The molecule has 0 saturated heterocycles. The van der Waals surface area contributed by atoms with Crippen LogP contribution in [0.2, 0.25) is 0 Å². The van der Waals surface area contributed by atoms with Gasteiger partial charge in [-0.2, -0.15) is 11.8 Å². The van der Waals surface area contributed by atoms with Crippen LogP contribution in [-0.2, 0) is 11.2 Å². The molecule has 6 heteroatoms. The summed E-state index contributed by atoms with van der Waals surface area (Å²) in [4.78, 5) is 22.8. The van der Waals surface area contributed by atoms with Gasteiger partial charge in [0.25, 0.3) is 5.91 Å². The van der Waals surface area contributed by atoms with Crippen molar-refractivity contribution in [3.05, 3.63) is 23.7 Å². The van der Waals surface area contributed by atoms with Gasteiger partial charge < -0.3 is 14.8 Å². The van der Waals surface area contributed by atoms with Crippen molar-refractivity contribution >= 4 is 23.6 Å². The van der Waals surface area contributed by atoms with Crippen molar-refractivity contribution < 1.29 is 19.1 Å². The van der Waals surface area contributed by atoms with E-state index in [0.29, 0.717) is 24.4 Å². The molecule has 1 amide bonds. The molecule has 100 valence electrons. The summed E-state index contributed by atoms with van der Waals surface area (Å²) in [7, 11) is 0. The second-order valence-electron chi connectivity index (χ2n) is 3.77. The monoisotopic (exact) mass is 271 g/mol. The van der Waals surface area contributed by atoms with E-state index < -0.39 is 17.9 Å². The van der Waals surface area contributed by atoms with Gasteiger partial charge >= 0.3 is 5.97 Å². The zero-order valence-electron chi connectivity index (χ0n) is 10.4. The Bertz CT molecular complexity index is 416. The van der Waals surface area contributed by atoms with Gasteiger partial charge in [0.15, 0.2) is 5.76 Å². The summed E-state index contributed by atoms with van der Waals surface area (Å²) in [6, 6.07) is 2.40. The second kappa shape index (κ2) is 7.10. The summed E-state index contributed by atoms with van der Waals surface area (Å²) in [5, 5.41) is 11.5. The molecule has 0 spiro atoms. The molecule has 0 unspecified atom stereocenters. The van der Waals surface area contributed by atoms with E-state index >= 15 is 0 Å². The van der Waals surface area contributed by atoms with E-state index in [4.69, 9.17) is 9.52 Å². The largest absolute Gasteiger partial charge is 0.480 e. The molecular formula is C12H17NO4S. The third-order valence-corrected chi connectivity index (χ3v) is 3.09. The van der Waals surface area contributed by atoms with Crippen LogP contribution in [0.15, 0.2) is 16.5 Å². The average molecular weight is 271 g/mol. The van der Waals surface area contributed by atoms with Crippen LogP contribution in [0.25, 0.3) is 0 Å². The van der Waals surface area contributed by atoms with Gasteiger partial charge in [-0.15, -0.1) is 0 Å². The lowest BCUT2D eigenvalue weighted by Crippen LogP contribution is -2.41. The number of thioether (sulfide) groups is 1. The highest BCUT2D eigenvalue weighted by Gasteiger charge is 2.21. The fraction of sp³-hybridized carbons (Fsp3) is 0.500. The Morgan fingerprint density at radius 2 is 2.22 bits per heavy atom. The van der Waals surface area contributed by atoms with Crippen molar-refractivity contribution in [1.29, 1.82) is 0 Å². The van der Waals surface area contributed by atoms with Crippen LogP contribution in [0.5, 0.6) is 0 Å². The van der Waals surface area contributed by atoms with E-state index in [0.717, 1.165) is 0 Å². The van der Waals surface area contributed by atoms with Crippen molar-refractivity contribution in [3.63, 3.8) is 0 Å². The maximum atomic E-state index is 11.8. The van der Waals surface area contributed by atoms with Gasteiger partial charge in [-0.3, -0.25) is 4.79 Å².